The molecule has 2 atom stereocenters. The quantitative estimate of drug-likeness (QED) is 0.345. The van der Waals surface area contributed by atoms with E-state index in [9.17, 15) is 30.6 Å². The fraction of sp³-hybridized carbons (Fsp3) is 0.200. The number of aliphatic hydroxyl groups excluding tert-OH is 1. The molecule has 0 saturated heterocycles. The summed E-state index contributed by atoms with van der Waals surface area (Å²) in [6.07, 6.45) is -2.09. The second-order valence-corrected chi connectivity index (χ2v) is 5.15. The lowest BCUT2D eigenvalue weighted by Crippen LogP contribution is -2.30. The average molecular weight is 306 g/mol. The van der Waals surface area contributed by atoms with Gasteiger partial charge in [-0.1, -0.05) is 0 Å². The molecule has 0 bridgehead atoms. The van der Waals surface area contributed by atoms with E-state index in [2.05, 4.69) is 0 Å². The van der Waals surface area contributed by atoms with E-state index < -0.39 is 23.7 Å². The lowest BCUT2D eigenvalue weighted by atomic mass is 9.93. The summed E-state index contributed by atoms with van der Waals surface area (Å²) in [4.78, 5) is 0. The minimum Gasteiger partial charge on any atom is -0.508 e. The van der Waals surface area contributed by atoms with E-state index in [0.29, 0.717) is 5.56 Å². The van der Waals surface area contributed by atoms with Gasteiger partial charge >= 0.3 is 0 Å². The van der Waals surface area contributed by atoms with Crippen LogP contribution in [0.1, 0.15) is 17.2 Å². The predicted octanol–water partition coefficient (Wildman–Crippen LogP) is 1.25. The Morgan fingerprint density at radius 3 is 2.23 bits per heavy atom. The van der Waals surface area contributed by atoms with E-state index in [4.69, 9.17) is 4.74 Å². The molecule has 116 valence electrons. The van der Waals surface area contributed by atoms with E-state index >= 15 is 0 Å². The number of fused-ring (bicyclic) bond motifs is 1. The molecule has 0 fully saturated rings. The topological polar surface area (TPSA) is 131 Å². The maximum Gasteiger partial charge on any atom is 0.161 e. The fourth-order valence-electron chi connectivity index (χ4n) is 2.54. The number of benzene rings is 2. The first-order valence-electron chi connectivity index (χ1n) is 6.51. The highest BCUT2D eigenvalue weighted by atomic mass is 16.5. The summed E-state index contributed by atoms with van der Waals surface area (Å²) in [6.45, 7) is 0. The largest absolute Gasteiger partial charge is 0.508 e. The highest BCUT2D eigenvalue weighted by molar-refractivity contribution is 5.54. The molecule has 0 amide bonds. The SMILES string of the molecule is Oc1cc(O)c2c(c1)O[C@H](c1cc(O)c(O)cc1O)[C@@H](O)C2. The van der Waals surface area contributed by atoms with Gasteiger partial charge in [-0.25, -0.2) is 0 Å². The van der Waals surface area contributed by atoms with Crippen LogP contribution in [-0.2, 0) is 6.42 Å². The van der Waals surface area contributed by atoms with Gasteiger partial charge in [0.15, 0.2) is 17.6 Å². The molecule has 0 aromatic heterocycles. The first-order valence-corrected chi connectivity index (χ1v) is 6.51. The average Bonchev–Trinajstić information content (AvgIpc) is 2.43. The van der Waals surface area contributed by atoms with Gasteiger partial charge in [0.05, 0.1) is 6.10 Å². The third-order valence-corrected chi connectivity index (χ3v) is 3.62. The first-order chi connectivity index (χ1) is 10.4. The molecular formula is C15H14O7. The van der Waals surface area contributed by atoms with Crippen LogP contribution in [0.25, 0.3) is 0 Å². The fourth-order valence-corrected chi connectivity index (χ4v) is 2.54. The monoisotopic (exact) mass is 306 g/mol. The van der Waals surface area contributed by atoms with Crippen LogP contribution >= 0.6 is 0 Å². The number of hydrogen-bond acceptors (Lipinski definition) is 7. The van der Waals surface area contributed by atoms with Crippen LogP contribution in [0.3, 0.4) is 0 Å². The molecule has 1 aliphatic rings. The Kier molecular flexibility index (Phi) is 3.14. The van der Waals surface area contributed by atoms with Gasteiger partial charge in [0, 0.05) is 35.7 Å². The molecular weight excluding hydrogens is 292 g/mol. The van der Waals surface area contributed by atoms with Crippen molar-refractivity contribution in [3.63, 3.8) is 0 Å². The molecule has 7 heteroatoms. The lowest BCUT2D eigenvalue weighted by Gasteiger charge is -2.31. The molecule has 6 N–H and O–H groups in total. The summed E-state index contributed by atoms with van der Waals surface area (Å²) in [5.74, 6) is -1.56. The minimum absolute atomic E-state index is 0.0349. The van der Waals surface area contributed by atoms with Crippen molar-refractivity contribution >= 4 is 0 Å². The van der Waals surface area contributed by atoms with E-state index in [-0.39, 0.29) is 35.0 Å². The Labute approximate surface area is 124 Å². The second kappa shape index (κ2) is 4.88. The maximum absolute atomic E-state index is 10.2. The van der Waals surface area contributed by atoms with Crippen molar-refractivity contribution < 1.29 is 35.4 Å². The summed E-state index contributed by atoms with van der Waals surface area (Å²) >= 11 is 0. The van der Waals surface area contributed by atoms with E-state index in [1.165, 1.54) is 6.07 Å². The normalized spacial score (nSPS) is 20.2. The third kappa shape index (κ3) is 2.21. The van der Waals surface area contributed by atoms with Crippen LogP contribution in [0.4, 0.5) is 0 Å². The molecule has 0 radical (unpaired) electrons. The van der Waals surface area contributed by atoms with Crippen LogP contribution in [0.5, 0.6) is 34.5 Å². The molecule has 7 nitrogen and oxygen atoms in total. The van der Waals surface area contributed by atoms with Crippen molar-refractivity contribution in [3.8, 4) is 34.5 Å². The van der Waals surface area contributed by atoms with Gasteiger partial charge in [-0.3, -0.25) is 0 Å². The highest BCUT2D eigenvalue weighted by Gasteiger charge is 2.34. The van der Waals surface area contributed by atoms with Gasteiger partial charge in [0.1, 0.15) is 23.0 Å². The van der Waals surface area contributed by atoms with Gasteiger partial charge in [-0.2, -0.15) is 0 Å². The Bertz CT molecular complexity index is 741. The zero-order valence-corrected chi connectivity index (χ0v) is 11.3. The number of hydrogen-bond donors (Lipinski definition) is 6. The molecule has 0 saturated carbocycles. The second-order valence-electron chi connectivity index (χ2n) is 5.15. The summed E-state index contributed by atoms with van der Waals surface area (Å²) in [6, 6.07) is 4.45. The number of phenolic OH excluding ortho intramolecular Hbond substituents is 5. The number of aromatic hydroxyl groups is 5. The van der Waals surface area contributed by atoms with E-state index in [1.54, 1.807) is 0 Å². The van der Waals surface area contributed by atoms with Gasteiger partial charge in [-0.15, -0.1) is 0 Å². The van der Waals surface area contributed by atoms with Crippen molar-refractivity contribution in [1.82, 2.24) is 0 Å². The molecule has 1 aliphatic heterocycles. The van der Waals surface area contributed by atoms with Gasteiger partial charge in [0.2, 0.25) is 0 Å². The standard InChI is InChI=1S/C15H14O7/c16-6-1-9(17)7-3-13(21)15(22-14(7)2-6)8-4-11(19)12(20)5-10(8)18/h1-2,4-5,13,15-21H,3H2/t13-,15+/m0/s1. The van der Waals surface area contributed by atoms with Gasteiger partial charge in [-0.05, 0) is 6.07 Å². The molecule has 0 aliphatic carbocycles. The molecule has 0 unspecified atom stereocenters. The number of ether oxygens (including phenoxy) is 1. The van der Waals surface area contributed by atoms with Crippen molar-refractivity contribution in [3.05, 3.63) is 35.4 Å². The summed E-state index contributed by atoms with van der Waals surface area (Å²) in [7, 11) is 0. The van der Waals surface area contributed by atoms with Crippen LogP contribution < -0.4 is 4.74 Å². The molecule has 2 aromatic rings. The van der Waals surface area contributed by atoms with Crippen molar-refractivity contribution in [2.45, 2.75) is 18.6 Å². The van der Waals surface area contributed by atoms with Crippen molar-refractivity contribution in [1.29, 1.82) is 0 Å². The van der Waals surface area contributed by atoms with Crippen molar-refractivity contribution in [2.24, 2.45) is 0 Å². The van der Waals surface area contributed by atoms with Crippen LogP contribution in [0.15, 0.2) is 24.3 Å². The summed E-state index contributed by atoms with van der Waals surface area (Å²) in [5, 5.41) is 58.2. The zero-order valence-electron chi connectivity index (χ0n) is 11.3. The molecule has 1 heterocycles. The van der Waals surface area contributed by atoms with Crippen LogP contribution in [0, 0.1) is 0 Å². The smallest absolute Gasteiger partial charge is 0.161 e. The zero-order chi connectivity index (χ0) is 16.0. The molecule has 0 spiro atoms. The molecule has 22 heavy (non-hydrogen) atoms. The lowest BCUT2D eigenvalue weighted by molar-refractivity contribution is 0.0184. The number of phenols is 5. The Hall–Kier alpha value is -2.80. The van der Waals surface area contributed by atoms with E-state index in [1.807, 2.05) is 0 Å². The minimum atomic E-state index is -1.10. The van der Waals surface area contributed by atoms with Gasteiger partial charge < -0.3 is 35.4 Å². The molecule has 2 aromatic carbocycles. The summed E-state index contributed by atoms with van der Waals surface area (Å²) < 4.78 is 5.54. The van der Waals surface area contributed by atoms with Crippen LogP contribution in [0.2, 0.25) is 0 Å². The maximum atomic E-state index is 10.2. The number of aliphatic hydroxyl groups is 1. The predicted molar refractivity (Wildman–Crippen MR) is 74.3 cm³/mol. The summed E-state index contributed by atoms with van der Waals surface area (Å²) in [5.41, 5.74) is 0.417. The third-order valence-electron chi connectivity index (χ3n) is 3.62. The Morgan fingerprint density at radius 2 is 1.50 bits per heavy atom. The first kappa shape index (κ1) is 14.2. The Morgan fingerprint density at radius 1 is 0.818 bits per heavy atom. The molecule has 3 rings (SSSR count). The van der Waals surface area contributed by atoms with E-state index in [0.717, 1.165) is 18.2 Å². The number of rotatable bonds is 1. The Balaban J connectivity index is 2.05. The van der Waals surface area contributed by atoms with Crippen molar-refractivity contribution in [2.75, 3.05) is 0 Å². The van der Waals surface area contributed by atoms with Crippen LogP contribution in [-0.4, -0.2) is 36.7 Å². The highest BCUT2D eigenvalue weighted by Crippen LogP contribution is 2.45. The van der Waals surface area contributed by atoms with Gasteiger partial charge in [0.25, 0.3) is 0 Å².